The molecule has 24 heavy (non-hydrogen) atoms. The number of aromatic amines is 1. The van der Waals surface area contributed by atoms with Crippen LogP contribution in [-0.4, -0.2) is 16.8 Å². The molecule has 4 nitrogen and oxygen atoms in total. The average molecular weight is 326 g/mol. The Morgan fingerprint density at radius 1 is 1.38 bits per heavy atom. The summed E-state index contributed by atoms with van der Waals surface area (Å²) in [5.74, 6) is -0.822. The van der Waals surface area contributed by atoms with Crippen molar-refractivity contribution in [2.45, 2.75) is 31.7 Å². The quantitative estimate of drug-likeness (QED) is 0.830. The molecule has 2 N–H and O–H groups in total. The predicted molar refractivity (Wildman–Crippen MR) is 91.9 cm³/mol. The van der Waals surface area contributed by atoms with E-state index < -0.39 is 12.0 Å². The molecular formula is C19H19FN2O2. The molecule has 0 aliphatic carbocycles. The maximum absolute atomic E-state index is 14.1. The zero-order chi connectivity index (χ0) is 17.3. The molecular weight excluding hydrogens is 307 g/mol. The van der Waals surface area contributed by atoms with Gasteiger partial charge in [-0.1, -0.05) is 25.1 Å². The van der Waals surface area contributed by atoms with E-state index in [2.05, 4.69) is 16.9 Å². The van der Waals surface area contributed by atoms with Crippen molar-refractivity contribution in [1.82, 2.24) is 4.98 Å². The number of allylic oxidation sites excluding steroid dienone is 1. The van der Waals surface area contributed by atoms with Gasteiger partial charge in [0.1, 0.15) is 5.82 Å². The summed E-state index contributed by atoms with van der Waals surface area (Å²) >= 11 is 0. The molecule has 2 aromatic rings. The lowest BCUT2D eigenvalue weighted by molar-refractivity contribution is -0.119. The molecule has 2 atom stereocenters. The lowest BCUT2D eigenvalue weighted by Crippen LogP contribution is -2.33. The van der Waals surface area contributed by atoms with Gasteiger partial charge < -0.3 is 10.3 Å². The minimum absolute atomic E-state index is 0.0760. The number of carbonyl (C=O) groups excluding carboxylic acids is 1. The van der Waals surface area contributed by atoms with Crippen LogP contribution in [-0.2, 0) is 11.2 Å². The van der Waals surface area contributed by atoms with Gasteiger partial charge in [0.2, 0.25) is 0 Å². The number of fused-ring (bicyclic) bond motifs is 1. The van der Waals surface area contributed by atoms with Crippen molar-refractivity contribution >= 4 is 11.5 Å². The summed E-state index contributed by atoms with van der Waals surface area (Å²) in [5.41, 5.74) is 2.19. The Morgan fingerprint density at radius 3 is 2.83 bits per heavy atom. The minimum atomic E-state index is -0.604. The van der Waals surface area contributed by atoms with Gasteiger partial charge in [0.15, 0.2) is 5.78 Å². The van der Waals surface area contributed by atoms with E-state index in [4.69, 9.17) is 0 Å². The number of halogens is 1. The number of aryl methyl sites for hydroxylation is 1. The third kappa shape index (κ3) is 2.66. The number of rotatable bonds is 5. The zero-order valence-electron chi connectivity index (χ0n) is 13.4. The highest BCUT2D eigenvalue weighted by atomic mass is 19.1. The van der Waals surface area contributed by atoms with Crippen LogP contribution >= 0.6 is 0 Å². The van der Waals surface area contributed by atoms with Gasteiger partial charge in [0.05, 0.1) is 6.04 Å². The van der Waals surface area contributed by atoms with Crippen LogP contribution in [0.1, 0.15) is 36.0 Å². The summed E-state index contributed by atoms with van der Waals surface area (Å²) in [6.45, 7) is 5.47. The van der Waals surface area contributed by atoms with Crippen LogP contribution in [0.5, 0.6) is 0 Å². The highest BCUT2D eigenvalue weighted by Gasteiger charge is 2.39. The summed E-state index contributed by atoms with van der Waals surface area (Å²) < 4.78 is 14.1. The van der Waals surface area contributed by atoms with Crippen LogP contribution in [0.15, 0.2) is 47.9 Å². The number of carbonyl (C=O) groups is 1. The lowest BCUT2D eigenvalue weighted by Gasteiger charge is -2.18. The lowest BCUT2D eigenvalue weighted by atomic mass is 9.85. The molecule has 0 spiro atoms. The number of hydrogen-bond donors (Lipinski definition) is 2. The second kappa shape index (κ2) is 6.43. The van der Waals surface area contributed by atoms with Gasteiger partial charge in [-0.05, 0) is 29.7 Å². The van der Waals surface area contributed by atoms with Crippen molar-refractivity contribution in [1.29, 1.82) is 0 Å². The Hall–Kier alpha value is -2.69. The number of aromatic nitrogens is 1. The van der Waals surface area contributed by atoms with Gasteiger partial charge in [-0.2, -0.15) is 0 Å². The molecule has 5 heteroatoms. The Labute approximate surface area is 139 Å². The van der Waals surface area contributed by atoms with E-state index in [1.54, 1.807) is 24.4 Å². The molecule has 0 bridgehead atoms. The molecule has 1 aliphatic heterocycles. The number of hydrogen-bond acceptors (Lipinski definition) is 3. The molecule has 1 aromatic carbocycles. The third-order valence-electron chi connectivity index (χ3n) is 4.45. The SMILES string of the molecule is C=CCC(=O)C1Nc2cc(F)c(CC)cc2C1c1ccc[nH]c1=O. The van der Waals surface area contributed by atoms with Gasteiger partial charge in [-0.3, -0.25) is 9.59 Å². The topological polar surface area (TPSA) is 62.0 Å². The van der Waals surface area contributed by atoms with Crippen molar-refractivity contribution in [3.05, 3.63) is 76.0 Å². The van der Waals surface area contributed by atoms with E-state index >= 15 is 0 Å². The number of ketones is 1. The van der Waals surface area contributed by atoms with Gasteiger partial charge in [-0.25, -0.2) is 4.39 Å². The van der Waals surface area contributed by atoms with E-state index in [1.807, 2.05) is 6.92 Å². The van der Waals surface area contributed by atoms with Gasteiger partial charge in [0.25, 0.3) is 5.56 Å². The van der Waals surface area contributed by atoms with Crippen LogP contribution in [0.4, 0.5) is 10.1 Å². The highest BCUT2D eigenvalue weighted by Crippen LogP contribution is 2.41. The smallest absolute Gasteiger partial charge is 0.251 e. The van der Waals surface area contributed by atoms with Crippen LogP contribution in [0.25, 0.3) is 0 Å². The van der Waals surface area contributed by atoms with E-state index in [1.165, 1.54) is 12.1 Å². The Kier molecular flexibility index (Phi) is 4.34. The normalized spacial score (nSPS) is 18.8. The van der Waals surface area contributed by atoms with Crippen molar-refractivity contribution in [3.63, 3.8) is 0 Å². The molecule has 3 rings (SSSR count). The zero-order valence-corrected chi connectivity index (χ0v) is 13.4. The Bertz CT molecular complexity index is 857. The van der Waals surface area contributed by atoms with E-state index in [0.717, 1.165) is 5.56 Å². The molecule has 0 saturated heterocycles. The fourth-order valence-corrected chi connectivity index (χ4v) is 3.28. The molecule has 0 amide bonds. The van der Waals surface area contributed by atoms with Crippen molar-refractivity contribution in [2.24, 2.45) is 0 Å². The monoisotopic (exact) mass is 326 g/mol. The van der Waals surface area contributed by atoms with Gasteiger partial charge >= 0.3 is 0 Å². The molecule has 0 saturated carbocycles. The molecule has 2 heterocycles. The van der Waals surface area contributed by atoms with Crippen LogP contribution in [0.3, 0.4) is 0 Å². The molecule has 1 aliphatic rings. The van der Waals surface area contributed by atoms with E-state index in [9.17, 15) is 14.0 Å². The molecule has 124 valence electrons. The van der Waals surface area contributed by atoms with Gasteiger partial charge in [0, 0.05) is 29.8 Å². The summed E-state index contributed by atoms with van der Waals surface area (Å²) in [7, 11) is 0. The largest absolute Gasteiger partial charge is 0.374 e. The second-order valence-electron chi connectivity index (χ2n) is 5.90. The predicted octanol–water partition coefficient (Wildman–Crippen LogP) is 3.15. The van der Waals surface area contributed by atoms with Crippen molar-refractivity contribution < 1.29 is 9.18 Å². The minimum Gasteiger partial charge on any atom is -0.374 e. The Balaban J connectivity index is 2.17. The molecule has 1 aromatic heterocycles. The molecule has 0 radical (unpaired) electrons. The fourth-order valence-electron chi connectivity index (χ4n) is 3.28. The average Bonchev–Trinajstić information content (AvgIpc) is 2.93. The number of benzene rings is 1. The van der Waals surface area contributed by atoms with E-state index in [-0.39, 0.29) is 23.6 Å². The number of anilines is 1. The number of H-pyrrole nitrogens is 1. The molecule has 0 fully saturated rings. The van der Waals surface area contributed by atoms with E-state index in [0.29, 0.717) is 23.2 Å². The number of Topliss-reactive ketones (excluding diaryl/α,β-unsaturated/α-hetero) is 1. The first-order valence-corrected chi connectivity index (χ1v) is 7.96. The summed E-state index contributed by atoms with van der Waals surface area (Å²) in [6.07, 6.45) is 3.83. The standard InChI is InChI=1S/C19H19FN2O2/c1-3-6-16(23)18-17(12-7-5-8-21-19(12)24)13-9-11(4-2)14(20)10-15(13)22-18/h3,5,7-10,17-18,22H,1,4,6H2,2H3,(H,21,24). The second-order valence-corrected chi connectivity index (χ2v) is 5.90. The summed E-state index contributed by atoms with van der Waals surface area (Å²) in [4.78, 5) is 27.4. The maximum Gasteiger partial charge on any atom is 0.251 e. The first-order valence-electron chi connectivity index (χ1n) is 7.96. The Morgan fingerprint density at radius 2 is 2.17 bits per heavy atom. The fraction of sp³-hybridized carbons (Fsp3) is 0.263. The number of pyridine rings is 1. The molecule has 2 unspecified atom stereocenters. The van der Waals surface area contributed by atoms with Crippen LogP contribution in [0, 0.1) is 5.82 Å². The van der Waals surface area contributed by atoms with Gasteiger partial charge in [-0.15, -0.1) is 6.58 Å². The summed E-state index contributed by atoms with van der Waals surface area (Å²) in [5, 5.41) is 3.10. The van der Waals surface area contributed by atoms with Crippen molar-refractivity contribution in [2.75, 3.05) is 5.32 Å². The maximum atomic E-state index is 14.1. The first kappa shape index (κ1) is 16.2. The van der Waals surface area contributed by atoms with Crippen LogP contribution in [0.2, 0.25) is 0 Å². The first-order chi connectivity index (χ1) is 11.6. The third-order valence-corrected chi connectivity index (χ3v) is 4.45. The van der Waals surface area contributed by atoms with Crippen LogP contribution < -0.4 is 10.9 Å². The highest BCUT2D eigenvalue weighted by molar-refractivity contribution is 5.92. The summed E-state index contributed by atoms with van der Waals surface area (Å²) in [6, 6.07) is 6.01. The van der Waals surface area contributed by atoms with Crippen molar-refractivity contribution in [3.8, 4) is 0 Å². The number of nitrogens with one attached hydrogen (secondary N) is 2.